The first kappa shape index (κ1) is 11.5. The molecule has 0 aliphatic heterocycles. The highest BCUT2D eigenvalue weighted by atomic mass is 15.3. The van der Waals surface area contributed by atoms with Gasteiger partial charge in [0.25, 0.3) is 0 Å². The van der Waals surface area contributed by atoms with E-state index in [1.54, 1.807) is 12.5 Å². The van der Waals surface area contributed by atoms with Crippen molar-refractivity contribution in [2.45, 2.75) is 33.4 Å². The molecule has 0 atom stereocenters. The third-order valence-corrected chi connectivity index (χ3v) is 2.40. The fraction of sp³-hybridized carbons (Fsp3) is 0.455. The molecule has 17 heavy (non-hydrogen) atoms. The number of nitrogens with zero attached hydrogens (tertiary/aromatic N) is 5. The minimum Gasteiger partial charge on any atom is -0.347 e. The molecule has 0 bridgehead atoms. The monoisotopic (exact) mass is 232 g/mol. The van der Waals surface area contributed by atoms with Crippen molar-refractivity contribution in [1.29, 1.82) is 0 Å². The van der Waals surface area contributed by atoms with Crippen LogP contribution >= 0.6 is 0 Å². The maximum atomic E-state index is 4.27. The van der Waals surface area contributed by atoms with Crippen LogP contribution in [0.25, 0.3) is 0 Å². The van der Waals surface area contributed by atoms with Crippen LogP contribution in [0.5, 0.6) is 0 Å². The molecule has 6 heteroatoms. The number of rotatable bonds is 4. The first-order valence-corrected chi connectivity index (χ1v) is 5.58. The molecule has 2 aromatic rings. The van der Waals surface area contributed by atoms with E-state index in [0.717, 1.165) is 11.5 Å². The highest BCUT2D eigenvalue weighted by Crippen LogP contribution is 2.08. The molecule has 2 aromatic heterocycles. The second-order valence-electron chi connectivity index (χ2n) is 4.12. The van der Waals surface area contributed by atoms with Crippen LogP contribution in [0.3, 0.4) is 0 Å². The van der Waals surface area contributed by atoms with Crippen LogP contribution in [0.4, 0.5) is 5.95 Å². The van der Waals surface area contributed by atoms with Crippen molar-refractivity contribution in [2.75, 3.05) is 5.32 Å². The molecule has 0 saturated heterocycles. The second kappa shape index (κ2) is 4.90. The molecule has 6 nitrogen and oxygen atoms in total. The van der Waals surface area contributed by atoms with E-state index in [4.69, 9.17) is 0 Å². The Kier molecular flexibility index (Phi) is 3.32. The summed E-state index contributed by atoms with van der Waals surface area (Å²) < 4.78 is 2.02. The second-order valence-corrected chi connectivity index (χ2v) is 4.12. The molecule has 0 aromatic carbocycles. The maximum absolute atomic E-state index is 4.27. The Morgan fingerprint density at radius 2 is 2.24 bits per heavy atom. The number of hydrogen-bond donors (Lipinski definition) is 1. The van der Waals surface area contributed by atoms with Gasteiger partial charge in [-0.25, -0.2) is 9.97 Å². The third-order valence-electron chi connectivity index (χ3n) is 2.40. The summed E-state index contributed by atoms with van der Waals surface area (Å²) in [5, 5.41) is 11.1. The van der Waals surface area contributed by atoms with Crippen molar-refractivity contribution in [3.05, 3.63) is 30.1 Å². The van der Waals surface area contributed by atoms with Crippen molar-refractivity contribution in [1.82, 2.24) is 24.7 Å². The van der Waals surface area contributed by atoms with Crippen LogP contribution in [0.1, 0.15) is 31.4 Å². The van der Waals surface area contributed by atoms with Gasteiger partial charge in [-0.3, -0.25) is 0 Å². The van der Waals surface area contributed by atoms with E-state index in [1.807, 2.05) is 17.6 Å². The first-order chi connectivity index (χ1) is 8.16. The van der Waals surface area contributed by atoms with Crippen molar-refractivity contribution < 1.29 is 0 Å². The van der Waals surface area contributed by atoms with E-state index in [2.05, 4.69) is 39.3 Å². The molecule has 0 saturated carbocycles. The van der Waals surface area contributed by atoms with Gasteiger partial charge in [-0.1, -0.05) is 0 Å². The molecule has 0 radical (unpaired) electrons. The van der Waals surface area contributed by atoms with Gasteiger partial charge in [0, 0.05) is 17.9 Å². The summed E-state index contributed by atoms with van der Waals surface area (Å²) in [6.07, 6.45) is 3.47. The van der Waals surface area contributed by atoms with E-state index in [-0.39, 0.29) is 0 Å². The lowest BCUT2D eigenvalue weighted by molar-refractivity contribution is 0.571. The summed E-state index contributed by atoms with van der Waals surface area (Å²) in [6.45, 7) is 6.69. The lowest BCUT2D eigenvalue weighted by Gasteiger charge is -2.10. The highest BCUT2D eigenvalue weighted by Gasteiger charge is 2.07. The fourth-order valence-electron chi connectivity index (χ4n) is 1.52. The van der Waals surface area contributed by atoms with Gasteiger partial charge in [0.15, 0.2) is 5.82 Å². The number of anilines is 1. The largest absolute Gasteiger partial charge is 0.347 e. The molecule has 0 unspecified atom stereocenters. The minimum atomic E-state index is 0.347. The Morgan fingerprint density at radius 3 is 2.94 bits per heavy atom. The molecule has 2 heterocycles. The SMILES string of the molecule is Cc1ccnc(NCc2nncn2C(C)C)n1. The summed E-state index contributed by atoms with van der Waals surface area (Å²) in [7, 11) is 0. The molecule has 0 aliphatic rings. The summed E-state index contributed by atoms with van der Waals surface area (Å²) >= 11 is 0. The van der Waals surface area contributed by atoms with Crippen molar-refractivity contribution in [2.24, 2.45) is 0 Å². The van der Waals surface area contributed by atoms with Gasteiger partial charge in [0.2, 0.25) is 5.95 Å². The number of hydrogen-bond acceptors (Lipinski definition) is 5. The normalized spacial score (nSPS) is 10.8. The average molecular weight is 232 g/mol. The summed E-state index contributed by atoms with van der Waals surface area (Å²) in [4.78, 5) is 8.40. The van der Waals surface area contributed by atoms with E-state index in [0.29, 0.717) is 18.5 Å². The van der Waals surface area contributed by atoms with E-state index in [9.17, 15) is 0 Å². The Hall–Kier alpha value is -1.98. The molecule has 2 rings (SSSR count). The van der Waals surface area contributed by atoms with Crippen LogP contribution in [0.2, 0.25) is 0 Å². The number of nitrogens with one attached hydrogen (secondary N) is 1. The zero-order valence-electron chi connectivity index (χ0n) is 10.3. The topological polar surface area (TPSA) is 68.5 Å². The lowest BCUT2D eigenvalue weighted by Crippen LogP contribution is -2.11. The van der Waals surface area contributed by atoms with E-state index in [1.165, 1.54) is 0 Å². The molecule has 0 spiro atoms. The summed E-state index contributed by atoms with van der Waals surface area (Å²) in [5.41, 5.74) is 0.938. The first-order valence-electron chi connectivity index (χ1n) is 5.58. The third kappa shape index (κ3) is 2.77. The fourth-order valence-corrected chi connectivity index (χ4v) is 1.52. The van der Waals surface area contributed by atoms with Crippen LogP contribution in [-0.4, -0.2) is 24.7 Å². The average Bonchev–Trinajstić information content (AvgIpc) is 2.74. The van der Waals surface area contributed by atoms with Gasteiger partial charge in [-0.15, -0.1) is 10.2 Å². The van der Waals surface area contributed by atoms with Gasteiger partial charge in [-0.05, 0) is 26.8 Å². The molecule has 90 valence electrons. The van der Waals surface area contributed by atoms with Gasteiger partial charge in [-0.2, -0.15) is 0 Å². The smallest absolute Gasteiger partial charge is 0.223 e. The van der Waals surface area contributed by atoms with Crippen LogP contribution in [0, 0.1) is 6.92 Å². The molecule has 0 fully saturated rings. The Bertz CT molecular complexity index is 490. The summed E-state index contributed by atoms with van der Waals surface area (Å²) in [6, 6.07) is 2.21. The van der Waals surface area contributed by atoms with Crippen molar-refractivity contribution in [3.63, 3.8) is 0 Å². The standard InChI is InChI=1S/C11H16N6/c1-8(2)17-7-14-16-10(17)6-13-11-12-5-4-9(3)15-11/h4-5,7-8H,6H2,1-3H3,(H,12,13,15). The lowest BCUT2D eigenvalue weighted by atomic mass is 10.4. The molecule has 0 aliphatic carbocycles. The molecular weight excluding hydrogens is 216 g/mol. The molecular formula is C11H16N6. The predicted octanol–water partition coefficient (Wildman–Crippen LogP) is 1.57. The molecule has 0 amide bonds. The van der Waals surface area contributed by atoms with Gasteiger partial charge >= 0.3 is 0 Å². The highest BCUT2D eigenvalue weighted by molar-refractivity contribution is 5.24. The Morgan fingerprint density at radius 1 is 1.41 bits per heavy atom. The minimum absolute atomic E-state index is 0.347. The van der Waals surface area contributed by atoms with E-state index >= 15 is 0 Å². The summed E-state index contributed by atoms with van der Waals surface area (Å²) in [5.74, 6) is 1.49. The van der Waals surface area contributed by atoms with Crippen molar-refractivity contribution in [3.8, 4) is 0 Å². The maximum Gasteiger partial charge on any atom is 0.223 e. The van der Waals surface area contributed by atoms with E-state index < -0.39 is 0 Å². The molecule has 1 N–H and O–H groups in total. The zero-order valence-corrected chi connectivity index (χ0v) is 10.3. The Balaban J connectivity index is 2.05. The van der Waals surface area contributed by atoms with Crippen molar-refractivity contribution >= 4 is 5.95 Å². The Labute approximate surface area is 100 Å². The zero-order chi connectivity index (χ0) is 12.3. The quantitative estimate of drug-likeness (QED) is 0.866. The van der Waals surface area contributed by atoms with Crippen LogP contribution in [-0.2, 0) is 6.54 Å². The van der Waals surface area contributed by atoms with Crippen LogP contribution in [0.15, 0.2) is 18.6 Å². The van der Waals surface area contributed by atoms with Gasteiger partial charge in [0.1, 0.15) is 6.33 Å². The van der Waals surface area contributed by atoms with Crippen LogP contribution < -0.4 is 5.32 Å². The van der Waals surface area contributed by atoms with Gasteiger partial charge in [0.05, 0.1) is 6.54 Å². The van der Waals surface area contributed by atoms with Gasteiger partial charge < -0.3 is 9.88 Å². The number of aryl methyl sites for hydroxylation is 1. The number of aromatic nitrogens is 5. The predicted molar refractivity (Wildman–Crippen MR) is 64.5 cm³/mol.